The maximum Gasteiger partial charge on any atom is 0.264 e. The predicted octanol–water partition coefficient (Wildman–Crippen LogP) is 8.84. The average molecular weight is 503 g/mol. The van der Waals surface area contributed by atoms with Crippen LogP contribution in [0.2, 0.25) is 0 Å². The molecule has 39 heavy (non-hydrogen) atoms. The van der Waals surface area contributed by atoms with Crippen LogP contribution in [0.1, 0.15) is 10.4 Å². The number of benzene rings is 5. The molecule has 0 aliphatic carbocycles. The minimum atomic E-state index is -0.0526. The molecule has 0 aliphatic rings. The summed E-state index contributed by atoms with van der Waals surface area (Å²) in [7, 11) is 0. The first-order valence-corrected chi connectivity index (χ1v) is 13.0. The summed E-state index contributed by atoms with van der Waals surface area (Å²) in [6, 6.07) is 42.7. The highest BCUT2D eigenvalue weighted by atomic mass is 16.3. The van der Waals surface area contributed by atoms with Crippen molar-refractivity contribution in [3.63, 3.8) is 0 Å². The number of hydrogen-bond acceptors (Lipinski definition) is 2. The Balaban J connectivity index is 1.57. The fourth-order valence-corrected chi connectivity index (χ4v) is 5.91. The van der Waals surface area contributed by atoms with E-state index in [1.165, 1.54) is 0 Å². The number of hydrogen-bond donors (Lipinski definition) is 0. The van der Waals surface area contributed by atoms with Gasteiger partial charge in [0, 0.05) is 38.4 Å². The van der Waals surface area contributed by atoms with Crippen LogP contribution >= 0.6 is 0 Å². The van der Waals surface area contributed by atoms with E-state index in [-0.39, 0.29) is 5.91 Å². The fraction of sp³-hybridized carbons (Fsp3) is 0. The molecule has 0 fully saturated rings. The molecule has 3 aromatic heterocycles. The van der Waals surface area contributed by atoms with Gasteiger partial charge in [-0.3, -0.25) is 13.9 Å². The van der Waals surface area contributed by atoms with Crippen molar-refractivity contribution >= 4 is 49.7 Å². The van der Waals surface area contributed by atoms with E-state index in [9.17, 15) is 4.79 Å². The highest BCUT2D eigenvalue weighted by Crippen LogP contribution is 2.43. The zero-order chi connectivity index (χ0) is 25.9. The maximum atomic E-state index is 14.2. The Morgan fingerprint density at radius 2 is 1.41 bits per heavy atom. The first kappa shape index (κ1) is 21.7. The summed E-state index contributed by atoms with van der Waals surface area (Å²) >= 11 is 0. The van der Waals surface area contributed by atoms with E-state index < -0.39 is 0 Å². The molecule has 5 aromatic carbocycles. The van der Waals surface area contributed by atoms with Crippen LogP contribution in [0.4, 0.5) is 0 Å². The number of furan rings is 1. The van der Waals surface area contributed by atoms with Gasteiger partial charge < -0.3 is 4.42 Å². The van der Waals surface area contributed by atoms with E-state index in [1.807, 2.05) is 83.4 Å². The smallest absolute Gasteiger partial charge is 0.264 e. The molecule has 3 heterocycles. The van der Waals surface area contributed by atoms with Gasteiger partial charge in [0.05, 0.1) is 17.3 Å². The lowest BCUT2D eigenvalue weighted by Gasteiger charge is -2.14. The number of para-hydroxylation sites is 3. The van der Waals surface area contributed by atoms with Crippen LogP contribution in [-0.2, 0) is 0 Å². The largest absolute Gasteiger partial charge is 0.464 e. The summed E-state index contributed by atoms with van der Waals surface area (Å²) in [6.07, 6.45) is 1.72. The number of carbonyl (C=O) groups is 1. The molecule has 0 spiro atoms. The van der Waals surface area contributed by atoms with Crippen LogP contribution in [-0.4, -0.2) is 15.0 Å². The molecular weight excluding hydrogens is 480 g/mol. The van der Waals surface area contributed by atoms with Crippen LogP contribution in [0.25, 0.3) is 60.6 Å². The van der Waals surface area contributed by atoms with Gasteiger partial charge >= 0.3 is 0 Å². The molecular formula is C35H22N2O2. The maximum absolute atomic E-state index is 14.2. The summed E-state index contributed by atoms with van der Waals surface area (Å²) in [5, 5.41) is 4.29. The lowest BCUT2D eigenvalue weighted by molar-refractivity contribution is 0.0968. The molecule has 0 saturated heterocycles. The number of carbonyl (C=O) groups excluding carboxylic acids is 1. The second kappa shape index (κ2) is 8.33. The highest BCUT2D eigenvalue weighted by molar-refractivity contribution is 6.27. The molecule has 0 bridgehead atoms. The third kappa shape index (κ3) is 3.15. The number of nitrogens with zero attached hydrogens (tertiary/aromatic N) is 2. The SMILES string of the molecule is O=C(c1ccccc1)n1c2ccccc2c2c3cccc(-c4ccc5occc5c4)c3n(-c3ccccc3)c21. The van der Waals surface area contributed by atoms with E-state index in [0.717, 1.165) is 60.6 Å². The van der Waals surface area contributed by atoms with Gasteiger partial charge in [-0.2, -0.15) is 0 Å². The number of fused-ring (bicyclic) bond motifs is 6. The second-order valence-electron chi connectivity index (χ2n) is 9.77. The van der Waals surface area contributed by atoms with Crippen LogP contribution in [0, 0.1) is 0 Å². The van der Waals surface area contributed by atoms with Gasteiger partial charge in [0.2, 0.25) is 0 Å². The molecule has 4 heteroatoms. The Kier molecular flexibility index (Phi) is 4.64. The minimum absolute atomic E-state index is 0.0526. The van der Waals surface area contributed by atoms with E-state index in [4.69, 9.17) is 4.42 Å². The molecule has 184 valence electrons. The van der Waals surface area contributed by atoms with Crippen molar-refractivity contribution in [1.29, 1.82) is 0 Å². The molecule has 8 aromatic rings. The number of aromatic nitrogens is 2. The predicted molar refractivity (Wildman–Crippen MR) is 158 cm³/mol. The molecule has 0 unspecified atom stereocenters. The summed E-state index contributed by atoms with van der Waals surface area (Å²) in [4.78, 5) is 14.2. The Morgan fingerprint density at radius 1 is 0.667 bits per heavy atom. The van der Waals surface area contributed by atoms with Crippen molar-refractivity contribution in [3.8, 4) is 16.8 Å². The fourth-order valence-electron chi connectivity index (χ4n) is 5.91. The monoisotopic (exact) mass is 502 g/mol. The van der Waals surface area contributed by atoms with Crippen molar-refractivity contribution in [2.45, 2.75) is 0 Å². The number of rotatable bonds is 3. The Bertz CT molecular complexity index is 2180. The van der Waals surface area contributed by atoms with Crippen LogP contribution in [0.15, 0.2) is 138 Å². The lowest BCUT2D eigenvalue weighted by atomic mass is 10.0. The third-order valence-corrected chi connectivity index (χ3v) is 7.59. The molecule has 0 radical (unpaired) electrons. The van der Waals surface area contributed by atoms with Gasteiger partial charge in [-0.15, -0.1) is 0 Å². The van der Waals surface area contributed by atoms with E-state index >= 15 is 0 Å². The summed E-state index contributed by atoms with van der Waals surface area (Å²) in [5.74, 6) is -0.0526. The van der Waals surface area contributed by atoms with Crippen LogP contribution < -0.4 is 0 Å². The zero-order valence-corrected chi connectivity index (χ0v) is 20.9. The Hall–Kier alpha value is -5.35. The van der Waals surface area contributed by atoms with Crippen molar-refractivity contribution in [2.24, 2.45) is 0 Å². The Labute approximate surface area is 223 Å². The van der Waals surface area contributed by atoms with Gasteiger partial charge in [0.15, 0.2) is 0 Å². The van der Waals surface area contributed by atoms with Gasteiger partial charge in [-0.05, 0) is 54.1 Å². The lowest BCUT2D eigenvalue weighted by Crippen LogP contribution is -2.14. The highest BCUT2D eigenvalue weighted by Gasteiger charge is 2.26. The van der Waals surface area contributed by atoms with E-state index in [2.05, 4.69) is 53.1 Å². The van der Waals surface area contributed by atoms with Crippen LogP contribution in [0.3, 0.4) is 0 Å². The standard InChI is InChI=1S/C35H22N2O2/c38-35(23-10-3-1-4-11-23)37-30-17-8-7-14-28(30)32-29-16-9-15-27(24-18-19-31-25(22-24)20-21-39-31)33(29)36(34(32)37)26-12-5-2-6-13-26/h1-22H. The van der Waals surface area contributed by atoms with Crippen molar-refractivity contribution < 1.29 is 9.21 Å². The molecule has 0 aliphatic heterocycles. The summed E-state index contributed by atoms with van der Waals surface area (Å²) in [6.45, 7) is 0. The topological polar surface area (TPSA) is 40.1 Å². The Morgan fingerprint density at radius 3 is 2.26 bits per heavy atom. The molecule has 0 atom stereocenters. The molecule has 8 rings (SSSR count). The normalized spacial score (nSPS) is 11.7. The molecule has 0 saturated carbocycles. The van der Waals surface area contributed by atoms with Gasteiger partial charge in [-0.25, -0.2) is 0 Å². The van der Waals surface area contributed by atoms with Crippen molar-refractivity contribution in [2.75, 3.05) is 0 Å². The van der Waals surface area contributed by atoms with Crippen LogP contribution in [0.5, 0.6) is 0 Å². The third-order valence-electron chi connectivity index (χ3n) is 7.59. The van der Waals surface area contributed by atoms with Crippen molar-refractivity contribution in [1.82, 2.24) is 9.13 Å². The minimum Gasteiger partial charge on any atom is -0.464 e. The van der Waals surface area contributed by atoms with Gasteiger partial charge in [0.1, 0.15) is 11.2 Å². The quantitative estimate of drug-likeness (QED) is 0.242. The summed E-state index contributed by atoms with van der Waals surface area (Å²) in [5.41, 5.74) is 7.53. The van der Waals surface area contributed by atoms with E-state index in [1.54, 1.807) is 6.26 Å². The average Bonchev–Trinajstić information content (AvgIpc) is 3.69. The second-order valence-corrected chi connectivity index (χ2v) is 9.77. The van der Waals surface area contributed by atoms with Gasteiger partial charge in [-0.1, -0.05) is 78.9 Å². The van der Waals surface area contributed by atoms with E-state index in [0.29, 0.717) is 5.56 Å². The van der Waals surface area contributed by atoms with Crippen molar-refractivity contribution in [3.05, 3.63) is 139 Å². The first-order chi connectivity index (χ1) is 19.3. The zero-order valence-electron chi connectivity index (χ0n) is 20.9. The molecule has 0 N–H and O–H groups in total. The summed E-state index contributed by atoms with van der Waals surface area (Å²) < 4.78 is 9.75. The van der Waals surface area contributed by atoms with Gasteiger partial charge in [0.25, 0.3) is 5.91 Å². The molecule has 4 nitrogen and oxygen atoms in total. The first-order valence-electron chi connectivity index (χ1n) is 13.0. The molecule has 0 amide bonds.